The SMILES string of the molecule is O=Cc1cnc2ccc(-c3cc(Br)ccc3F)nn12. The van der Waals surface area contributed by atoms with E-state index >= 15 is 0 Å². The average Bonchev–Trinajstić information content (AvgIpc) is 2.83. The predicted octanol–water partition coefficient (Wildman–Crippen LogP) is 3.11. The largest absolute Gasteiger partial charge is 0.296 e. The van der Waals surface area contributed by atoms with Gasteiger partial charge in [-0.05, 0) is 30.3 Å². The van der Waals surface area contributed by atoms with Crippen LogP contribution in [0.2, 0.25) is 0 Å². The molecule has 0 unspecified atom stereocenters. The van der Waals surface area contributed by atoms with Crippen LogP contribution in [-0.4, -0.2) is 20.9 Å². The van der Waals surface area contributed by atoms with Gasteiger partial charge in [0.15, 0.2) is 11.9 Å². The molecule has 0 N–H and O–H groups in total. The summed E-state index contributed by atoms with van der Waals surface area (Å²) in [5, 5.41) is 4.24. The van der Waals surface area contributed by atoms with Gasteiger partial charge in [0.1, 0.15) is 11.5 Å². The molecule has 0 aliphatic heterocycles. The standard InChI is InChI=1S/C13H7BrFN3O/c14-8-1-2-11(15)10(5-8)12-3-4-13-16-6-9(7-19)18(13)17-12/h1-7H. The van der Waals surface area contributed by atoms with Crippen molar-refractivity contribution in [1.29, 1.82) is 0 Å². The number of hydrogen-bond acceptors (Lipinski definition) is 3. The Morgan fingerprint density at radius 1 is 1.26 bits per heavy atom. The number of fused-ring (bicyclic) bond motifs is 1. The van der Waals surface area contributed by atoms with Crippen molar-refractivity contribution in [2.45, 2.75) is 0 Å². The quantitative estimate of drug-likeness (QED) is 0.682. The second-order valence-corrected chi connectivity index (χ2v) is 4.83. The third-order valence-corrected chi connectivity index (χ3v) is 3.21. The first-order valence-corrected chi connectivity index (χ1v) is 6.24. The molecule has 4 nitrogen and oxygen atoms in total. The van der Waals surface area contributed by atoms with E-state index in [-0.39, 0.29) is 5.82 Å². The molecule has 0 saturated carbocycles. The molecule has 1 aromatic carbocycles. The molecule has 0 saturated heterocycles. The summed E-state index contributed by atoms with van der Waals surface area (Å²) in [5.74, 6) is -0.372. The maximum Gasteiger partial charge on any atom is 0.170 e. The van der Waals surface area contributed by atoms with Crippen LogP contribution in [0.5, 0.6) is 0 Å². The minimum atomic E-state index is -0.372. The van der Waals surface area contributed by atoms with Crippen molar-refractivity contribution in [3.63, 3.8) is 0 Å². The van der Waals surface area contributed by atoms with E-state index in [9.17, 15) is 9.18 Å². The van der Waals surface area contributed by atoms with Crippen LogP contribution in [0.15, 0.2) is 41.0 Å². The number of rotatable bonds is 2. The molecule has 0 radical (unpaired) electrons. The van der Waals surface area contributed by atoms with Gasteiger partial charge in [-0.2, -0.15) is 5.10 Å². The van der Waals surface area contributed by atoms with Crippen molar-refractivity contribution >= 4 is 27.9 Å². The van der Waals surface area contributed by atoms with Gasteiger partial charge in [-0.1, -0.05) is 15.9 Å². The zero-order chi connectivity index (χ0) is 13.4. The number of nitrogens with zero attached hydrogens (tertiary/aromatic N) is 3. The molecule has 3 rings (SSSR count). The van der Waals surface area contributed by atoms with Crippen LogP contribution in [0.4, 0.5) is 4.39 Å². The summed E-state index contributed by atoms with van der Waals surface area (Å²) in [6, 6.07) is 7.98. The first-order chi connectivity index (χ1) is 9.19. The average molecular weight is 320 g/mol. The first-order valence-electron chi connectivity index (χ1n) is 5.44. The fourth-order valence-electron chi connectivity index (χ4n) is 1.81. The van der Waals surface area contributed by atoms with Gasteiger partial charge in [0.25, 0.3) is 0 Å². The normalized spacial score (nSPS) is 10.8. The number of imidazole rings is 1. The molecule has 0 amide bonds. The minimum absolute atomic E-state index is 0.326. The number of aromatic nitrogens is 3. The van der Waals surface area contributed by atoms with Crippen LogP contribution in [0, 0.1) is 5.82 Å². The monoisotopic (exact) mass is 319 g/mol. The summed E-state index contributed by atoms with van der Waals surface area (Å²) in [5.41, 5.74) is 1.67. The van der Waals surface area contributed by atoms with Crippen LogP contribution in [0.3, 0.4) is 0 Å². The maximum atomic E-state index is 13.8. The topological polar surface area (TPSA) is 47.3 Å². The van der Waals surface area contributed by atoms with Gasteiger partial charge < -0.3 is 0 Å². The van der Waals surface area contributed by atoms with E-state index in [1.807, 2.05) is 0 Å². The van der Waals surface area contributed by atoms with Gasteiger partial charge in [-0.15, -0.1) is 0 Å². The minimum Gasteiger partial charge on any atom is -0.296 e. The Morgan fingerprint density at radius 3 is 2.89 bits per heavy atom. The molecule has 0 aliphatic carbocycles. The highest BCUT2D eigenvalue weighted by molar-refractivity contribution is 9.10. The van der Waals surface area contributed by atoms with E-state index in [0.29, 0.717) is 28.9 Å². The number of carbonyl (C=O) groups excluding carboxylic acids is 1. The number of halogens is 2. The van der Waals surface area contributed by atoms with E-state index in [1.165, 1.54) is 16.8 Å². The van der Waals surface area contributed by atoms with E-state index in [0.717, 1.165) is 4.47 Å². The fourth-order valence-corrected chi connectivity index (χ4v) is 2.17. The zero-order valence-electron chi connectivity index (χ0n) is 9.55. The highest BCUT2D eigenvalue weighted by Crippen LogP contribution is 2.24. The van der Waals surface area contributed by atoms with Crippen molar-refractivity contribution in [2.75, 3.05) is 0 Å². The number of carbonyl (C=O) groups is 1. The van der Waals surface area contributed by atoms with Crippen LogP contribution in [0.25, 0.3) is 16.9 Å². The molecule has 19 heavy (non-hydrogen) atoms. The molecule has 2 aromatic heterocycles. The summed E-state index contributed by atoms with van der Waals surface area (Å²) in [6.07, 6.45) is 2.09. The molecule has 0 bridgehead atoms. The predicted molar refractivity (Wildman–Crippen MR) is 71.5 cm³/mol. The zero-order valence-corrected chi connectivity index (χ0v) is 11.1. The Bertz CT molecular complexity index is 785. The van der Waals surface area contributed by atoms with Gasteiger partial charge >= 0.3 is 0 Å². The van der Waals surface area contributed by atoms with Crippen LogP contribution in [0.1, 0.15) is 10.5 Å². The third-order valence-electron chi connectivity index (χ3n) is 2.71. The fraction of sp³-hybridized carbons (Fsp3) is 0. The molecular weight excluding hydrogens is 313 g/mol. The van der Waals surface area contributed by atoms with Gasteiger partial charge in [0.2, 0.25) is 0 Å². The Morgan fingerprint density at radius 2 is 2.11 bits per heavy atom. The van der Waals surface area contributed by atoms with Crippen molar-refractivity contribution in [3.05, 3.63) is 52.5 Å². The van der Waals surface area contributed by atoms with E-state index < -0.39 is 0 Å². The van der Waals surface area contributed by atoms with E-state index in [4.69, 9.17) is 0 Å². The number of benzene rings is 1. The van der Waals surface area contributed by atoms with Crippen LogP contribution >= 0.6 is 15.9 Å². The Kier molecular flexibility index (Phi) is 2.87. The molecule has 6 heteroatoms. The molecule has 3 aromatic rings. The highest BCUT2D eigenvalue weighted by Gasteiger charge is 2.10. The van der Waals surface area contributed by atoms with Crippen molar-refractivity contribution < 1.29 is 9.18 Å². The molecule has 2 heterocycles. The number of aldehydes is 1. The Labute approximate surface area is 116 Å². The molecular formula is C13H7BrFN3O. The lowest BCUT2D eigenvalue weighted by molar-refractivity contribution is 0.111. The summed E-state index contributed by atoms with van der Waals surface area (Å²) in [6.45, 7) is 0. The molecule has 0 aliphatic rings. The smallest absolute Gasteiger partial charge is 0.170 e. The van der Waals surface area contributed by atoms with E-state index in [1.54, 1.807) is 24.3 Å². The van der Waals surface area contributed by atoms with Gasteiger partial charge in [0.05, 0.1) is 11.9 Å². The van der Waals surface area contributed by atoms with Crippen LogP contribution in [-0.2, 0) is 0 Å². The highest BCUT2D eigenvalue weighted by atomic mass is 79.9. The summed E-state index contributed by atoms with van der Waals surface area (Å²) in [7, 11) is 0. The van der Waals surface area contributed by atoms with E-state index in [2.05, 4.69) is 26.0 Å². The molecule has 0 fully saturated rings. The molecule has 0 spiro atoms. The third kappa shape index (κ3) is 2.04. The second-order valence-electron chi connectivity index (χ2n) is 3.91. The summed E-state index contributed by atoms with van der Waals surface area (Å²) >= 11 is 3.29. The summed E-state index contributed by atoms with van der Waals surface area (Å²) in [4.78, 5) is 14.9. The van der Waals surface area contributed by atoms with Crippen molar-refractivity contribution in [2.24, 2.45) is 0 Å². The molecule has 0 atom stereocenters. The Balaban J connectivity index is 2.24. The van der Waals surface area contributed by atoms with Gasteiger partial charge in [-0.3, -0.25) is 4.79 Å². The van der Waals surface area contributed by atoms with Crippen LogP contribution < -0.4 is 0 Å². The lowest BCUT2D eigenvalue weighted by atomic mass is 10.1. The van der Waals surface area contributed by atoms with Crippen molar-refractivity contribution in [1.82, 2.24) is 14.6 Å². The molecule has 94 valence electrons. The summed E-state index contributed by atoms with van der Waals surface area (Å²) < 4.78 is 16.0. The maximum absolute atomic E-state index is 13.8. The number of hydrogen-bond donors (Lipinski definition) is 0. The van der Waals surface area contributed by atoms with Crippen molar-refractivity contribution in [3.8, 4) is 11.3 Å². The Hall–Kier alpha value is -2.08. The lowest BCUT2D eigenvalue weighted by Crippen LogP contribution is -1.99. The van der Waals surface area contributed by atoms with Gasteiger partial charge in [0, 0.05) is 10.0 Å². The lowest BCUT2D eigenvalue weighted by Gasteiger charge is -2.04. The first kappa shape index (κ1) is 12.0. The van der Waals surface area contributed by atoms with Gasteiger partial charge in [-0.25, -0.2) is 13.9 Å². The second kappa shape index (κ2) is 4.55.